The van der Waals surface area contributed by atoms with Crippen molar-refractivity contribution in [3.63, 3.8) is 0 Å². The van der Waals surface area contributed by atoms with Crippen LogP contribution in [0.15, 0.2) is 40.9 Å². The van der Waals surface area contributed by atoms with Gasteiger partial charge < -0.3 is 15.2 Å². The van der Waals surface area contributed by atoms with Crippen LogP contribution in [0.25, 0.3) is 0 Å². The van der Waals surface area contributed by atoms with E-state index in [2.05, 4.69) is 40.3 Å². The largest absolute Gasteiger partial charge is 0.504 e. The average molecular weight is 322 g/mol. The molecule has 2 aromatic carbocycles. The van der Waals surface area contributed by atoms with E-state index in [0.29, 0.717) is 12.3 Å². The van der Waals surface area contributed by atoms with Crippen LogP contribution in [0.1, 0.15) is 11.1 Å². The summed E-state index contributed by atoms with van der Waals surface area (Å²) in [4.78, 5) is 0. The molecule has 0 amide bonds. The molecule has 19 heavy (non-hydrogen) atoms. The van der Waals surface area contributed by atoms with Gasteiger partial charge in [-0.2, -0.15) is 0 Å². The van der Waals surface area contributed by atoms with Gasteiger partial charge in [-0.3, -0.25) is 0 Å². The molecule has 0 unspecified atom stereocenters. The van der Waals surface area contributed by atoms with Gasteiger partial charge in [0.2, 0.25) is 0 Å². The van der Waals surface area contributed by atoms with Crippen LogP contribution in [0.4, 0.5) is 5.69 Å². The van der Waals surface area contributed by atoms with Gasteiger partial charge in [-0.15, -0.1) is 0 Å². The maximum absolute atomic E-state index is 9.54. The Morgan fingerprint density at radius 2 is 2.00 bits per heavy atom. The van der Waals surface area contributed by atoms with E-state index in [0.717, 1.165) is 15.7 Å². The van der Waals surface area contributed by atoms with Crippen molar-refractivity contribution in [1.82, 2.24) is 0 Å². The number of methoxy groups -OCH3 is 1. The fraction of sp³-hybridized carbons (Fsp3) is 0.200. The third-order valence-corrected chi connectivity index (χ3v) is 3.24. The van der Waals surface area contributed by atoms with Crippen molar-refractivity contribution in [3.8, 4) is 11.5 Å². The number of rotatable bonds is 4. The van der Waals surface area contributed by atoms with Gasteiger partial charge >= 0.3 is 0 Å². The first-order chi connectivity index (χ1) is 9.08. The molecule has 0 bridgehead atoms. The summed E-state index contributed by atoms with van der Waals surface area (Å²) in [5, 5.41) is 12.9. The number of aromatic hydroxyl groups is 1. The summed E-state index contributed by atoms with van der Waals surface area (Å²) < 4.78 is 6.14. The first kappa shape index (κ1) is 13.7. The molecule has 100 valence electrons. The number of phenols is 1. The van der Waals surface area contributed by atoms with Crippen LogP contribution >= 0.6 is 15.9 Å². The fourth-order valence-electron chi connectivity index (χ4n) is 1.87. The number of hydrogen-bond donors (Lipinski definition) is 2. The van der Waals surface area contributed by atoms with Crippen molar-refractivity contribution in [1.29, 1.82) is 0 Å². The molecular weight excluding hydrogens is 306 g/mol. The molecule has 4 heteroatoms. The molecule has 0 radical (unpaired) electrons. The van der Waals surface area contributed by atoms with Crippen LogP contribution in [0.3, 0.4) is 0 Å². The second-order valence-electron chi connectivity index (χ2n) is 4.38. The Morgan fingerprint density at radius 3 is 2.68 bits per heavy atom. The minimum atomic E-state index is 0.157. The van der Waals surface area contributed by atoms with Crippen LogP contribution < -0.4 is 10.1 Å². The minimum Gasteiger partial charge on any atom is -0.504 e. The van der Waals surface area contributed by atoms with E-state index in [4.69, 9.17) is 4.74 Å². The number of anilines is 1. The Kier molecular flexibility index (Phi) is 4.32. The first-order valence-electron chi connectivity index (χ1n) is 5.95. The topological polar surface area (TPSA) is 41.5 Å². The lowest BCUT2D eigenvalue weighted by atomic mass is 10.2. The third-order valence-electron chi connectivity index (χ3n) is 2.78. The number of halogens is 1. The lowest BCUT2D eigenvalue weighted by Crippen LogP contribution is -2.00. The van der Waals surface area contributed by atoms with Gasteiger partial charge in [-0.25, -0.2) is 0 Å². The average Bonchev–Trinajstić information content (AvgIpc) is 2.36. The number of hydrogen-bond acceptors (Lipinski definition) is 3. The maximum atomic E-state index is 9.54. The monoisotopic (exact) mass is 321 g/mol. The molecule has 0 fully saturated rings. The van der Waals surface area contributed by atoms with Crippen LogP contribution in [0.2, 0.25) is 0 Å². The van der Waals surface area contributed by atoms with E-state index in [-0.39, 0.29) is 5.75 Å². The quantitative estimate of drug-likeness (QED) is 0.891. The molecular formula is C15H16BrNO2. The van der Waals surface area contributed by atoms with Crippen LogP contribution in [0, 0.1) is 6.92 Å². The second-order valence-corrected chi connectivity index (χ2v) is 5.29. The Hall–Kier alpha value is -1.68. The molecule has 2 aromatic rings. The van der Waals surface area contributed by atoms with Gasteiger partial charge in [0.25, 0.3) is 0 Å². The minimum absolute atomic E-state index is 0.157. The molecule has 0 aliphatic rings. The number of phenolic OH excluding ortho intramolecular Hbond substituents is 1. The van der Waals surface area contributed by atoms with Gasteiger partial charge in [-0.1, -0.05) is 22.0 Å². The molecule has 2 N–H and O–H groups in total. The van der Waals surface area contributed by atoms with Gasteiger partial charge in [0, 0.05) is 16.7 Å². The van der Waals surface area contributed by atoms with E-state index < -0.39 is 0 Å². The normalized spacial score (nSPS) is 10.3. The Bertz CT molecular complexity index is 564. The van der Waals surface area contributed by atoms with Gasteiger partial charge in [0.05, 0.1) is 7.11 Å². The third kappa shape index (κ3) is 3.64. The number of aryl methyl sites for hydroxylation is 1. The molecule has 3 nitrogen and oxygen atoms in total. The van der Waals surface area contributed by atoms with E-state index in [1.54, 1.807) is 13.2 Å². The summed E-state index contributed by atoms with van der Waals surface area (Å²) in [5.41, 5.74) is 3.30. The summed E-state index contributed by atoms with van der Waals surface area (Å²) in [7, 11) is 1.55. The van der Waals surface area contributed by atoms with Crippen molar-refractivity contribution in [2.45, 2.75) is 13.5 Å². The van der Waals surface area contributed by atoms with Crippen LogP contribution in [0.5, 0.6) is 11.5 Å². The Labute approximate surface area is 121 Å². The Balaban J connectivity index is 2.10. The molecule has 0 saturated carbocycles. The standard InChI is InChI=1S/C15H16BrNO2/c1-10-5-12(16)8-13(6-10)17-9-11-3-4-14(18)15(7-11)19-2/h3-8,17-18H,9H2,1-2H3. The van der Waals surface area contributed by atoms with E-state index in [1.165, 1.54) is 5.56 Å². The van der Waals surface area contributed by atoms with Crippen molar-refractivity contribution in [2.24, 2.45) is 0 Å². The van der Waals surface area contributed by atoms with E-state index >= 15 is 0 Å². The molecule has 0 aromatic heterocycles. The lowest BCUT2D eigenvalue weighted by molar-refractivity contribution is 0.373. The SMILES string of the molecule is COc1cc(CNc2cc(C)cc(Br)c2)ccc1O. The summed E-state index contributed by atoms with van der Waals surface area (Å²) in [6.07, 6.45) is 0. The smallest absolute Gasteiger partial charge is 0.160 e. The van der Waals surface area contributed by atoms with Crippen molar-refractivity contribution in [3.05, 3.63) is 52.0 Å². The summed E-state index contributed by atoms with van der Waals surface area (Å²) in [6.45, 7) is 2.73. The predicted molar refractivity (Wildman–Crippen MR) is 80.9 cm³/mol. The molecule has 0 heterocycles. The van der Waals surface area contributed by atoms with Gasteiger partial charge in [-0.05, 0) is 48.4 Å². The zero-order valence-corrected chi connectivity index (χ0v) is 12.5. The highest BCUT2D eigenvalue weighted by Crippen LogP contribution is 2.27. The van der Waals surface area contributed by atoms with Crippen molar-refractivity contribution < 1.29 is 9.84 Å². The van der Waals surface area contributed by atoms with Crippen molar-refractivity contribution >= 4 is 21.6 Å². The predicted octanol–water partition coefficient (Wildman–Crippen LogP) is 4.08. The first-order valence-corrected chi connectivity index (χ1v) is 6.75. The summed E-state index contributed by atoms with van der Waals surface area (Å²) >= 11 is 3.48. The van der Waals surface area contributed by atoms with Gasteiger partial charge in [0.15, 0.2) is 11.5 Å². The highest BCUT2D eigenvalue weighted by Gasteiger charge is 2.03. The Morgan fingerprint density at radius 1 is 1.21 bits per heavy atom. The molecule has 0 aliphatic carbocycles. The fourth-order valence-corrected chi connectivity index (χ4v) is 2.48. The van der Waals surface area contributed by atoms with E-state index in [9.17, 15) is 5.11 Å². The van der Waals surface area contributed by atoms with Crippen molar-refractivity contribution in [2.75, 3.05) is 12.4 Å². The van der Waals surface area contributed by atoms with E-state index in [1.807, 2.05) is 18.2 Å². The van der Waals surface area contributed by atoms with Crippen LogP contribution in [-0.2, 0) is 6.54 Å². The molecule has 0 spiro atoms. The summed E-state index contributed by atoms with van der Waals surface area (Å²) in [5.74, 6) is 0.647. The highest BCUT2D eigenvalue weighted by molar-refractivity contribution is 9.10. The zero-order chi connectivity index (χ0) is 13.8. The number of nitrogens with one attached hydrogen (secondary N) is 1. The maximum Gasteiger partial charge on any atom is 0.160 e. The number of benzene rings is 2. The van der Waals surface area contributed by atoms with Crippen LogP contribution in [-0.4, -0.2) is 12.2 Å². The molecule has 0 atom stereocenters. The summed E-state index contributed by atoms with van der Waals surface area (Å²) in [6, 6.07) is 11.5. The molecule has 0 aliphatic heterocycles. The molecule has 0 saturated heterocycles. The highest BCUT2D eigenvalue weighted by atomic mass is 79.9. The zero-order valence-electron chi connectivity index (χ0n) is 10.9. The second kappa shape index (κ2) is 5.97. The lowest BCUT2D eigenvalue weighted by Gasteiger charge is -2.10. The van der Waals surface area contributed by atoms with Gasteiger partial charge in [0.1, 0.15) is 0 Å². The molecule has 2 rings (SSSR count). The number of ether oxygens (including phenoxy) is 1.